The van der Waals surface area contributed by atoms with E-state index in [1.165, 1.54) is 0 Å². The van der Waals surface area contributed by atoms with Crippen LogP contribution in [0.15, 0.2) is 10.7 Å². The molecule has 1 aliphatic rings. The van der Waals surface area contributed by atoms with Crippen molar-refractivity contribution < 1.29 is 5.11 Å². The first kappa shape index (κ1) is 15.5. The van der Waals surface area contributed by atoms with Crippen LogP contribution in [0.2, 0.25) is 0 Å². The number of hydrogen-bond donors (Lipinski definition) is 2. The second-order valence-electron chi connectivity index (χ2n) is 5.69. The summed E-state index contributed by atoms with van der Waals surface area (Å²) in [6.07, 6.45) is 1.78. The van der Waals surface area contributed by atoms with E-state index in [1.54, 1.807) is 6.20 Å². The van der Waals surface area contributed by atoms with Crippen molar-refractivity contribution in [3.05, 3.63) is 10.7 Å². The van der Waals surface area contributed by atoms with Crippen LogP contribution in [-0.2, 0) is 0 Å². The molecule has 1 aromatic heterocycles. The Hall–Kier alpha value is -0.920. The van der Waals surface area contributed by atoms with E-state index in [0.29, 0.717) is 12.5 Å². The van der Waals surface area contributed by atoms with Gasteiger partial charge in [0.05, 0.1) is 10.1 Å². The molecule has 20 heavy (non-hydrogen) atoms. The summed E-state index contributed by atoms with van der Waals surface area (Å²) in [5.41, 5.74) is -0.642. The van der Waals surface area contributed by atoms with Gasteiger partial charge in [0.1, 0.15) is 5.82 Å². The van der Waals surface area contributed by atoms with Gasteiger partial charge in [0.2, 0.25) is 5.95 Å². The number of aliphatic hydroxyl groups is 1. The third-order valence-corrected chi connectivity index (χ3v) is 3.79. The monoisotopic (exact) mass is 343 g/mol. The Bertz CT molecular complexity index is 455. The van der Waals surface area contributed by atoms with Gasteiger partial charge >= 0.3 is 0 Å². The molecule has 0 unspecified atom stereocenters. The van der Waals surface area contributed by atoms with Crippen molar-refractivity contribution in [2.24, 2.45) is 0 Å². The lowest BCUT2D eigenvalue weighted by Gasteiger charge is -2.38. The highest BCUT2D eigenvalue weighted by atomic mass is 79.9. The Balaban J connectivity index is 2.00. The maximum atomic E-state index is 9.87. The van der Waals surface area contributed by atoms with E-state index in [0.717, 1.165) is 36.5 Å². The van der Waals surface area contributed by atoms with E-state index in [2.05, 4.69) is 41.0 Å². The zero-order valence-corrected chi connectivity index (χ0v) is 13.8. The smallest absolute Gasteiger partial charge is 0.224 e. The standard InChI is InChI=1S/C13H22BrN5O/c1-13(2,20)9-18-4-6-19(7-5-18)11-10(14)8-16-12(15-3)17-11/h8,20H,4-7,9H2,1-3H3,(H,15,16,17). The molecule has 1 saturated heterocycles. The Morgan fingerprint density at radius 3 is 2.55 bits per heavy atom. The maximum absolute atomic E-state index is 9.87. The van der Waals surface area contributed by atoms with Gasteiger partial charge in [-0.2, -0.15) is 4.98 Å². The van der Waals surface area contributed by atoms with Crippen LogP contribution in [0.1, 0.15) is 13.8 Å². The van der Waals surface area contributed by atoms with Crippen molar-refractivity contribution >= 4 is 27.7 Å². The summed E-state index contributed by atoms with van der Waals surface area (Å²) >= 11 is 3.51. The maximum Gasteiger partial charge on any atom is 0.224 e. The highest BCUT2D eigenvalue weighted by molar-refractivity contribution is 9.10. The molecular weight excluding hydrogens is 322 g/mol. The summed E-state index contributed by atoms with van der Waals surface area (Å²) in [6.45, 7) is 8.04. The molecule has 7 heteroatoms. The van der Waals surface area contributed by atoms with Gasteiger partial charge < -0.3 is 15.3 Å². The largest absolute Gasteiger partial charge is 0.389 e. The summed E-state index contributed by atoms with van der Waals surface area (Å²) in [4.78, 5) is 13.2. The Labute approximate surface area is 128 Å². The van der Waals surface area contributed by atoms with Gasteiger partial charge in [0.25, 0.3) is 0 Å². The molecule has 1 fully saturated rings. The SMILES string of the molecule is CNc1ncc(Br)c(N2CCN(CC(C)(C)O)CC2)n1. The molecule has 1 aliphatic heterocycles. The first-order valence-corrected chi connectivity index (χ1v) is 7.58. The Kier molecular flexibility index (Phi) is 4.82. The minimum atomic E-state index is -0.642. The topological polar surface area (TPSA) is 64.5 Å². The van der Waals surface area contributed by atoms with Crippen LogP contribution in [0.4, 0.5) is 11.8 Å². The molecule has 2 heterocycles. The second-order valence-corrected chi connectivity index (χ2v) is 6.55. The predicted octanol–water partition coefficient (Wildman–Crippen LogP) is 1.17. The molecule has 112 valence electrons. The van der Waals surface area contributed by atoms with E-state index in [9.17, 15) is 5.11 Å². The molecule has 0 saturated carbocycles. The fraction of sp³-hybridized carbons (Fsp3) is 0.692. The van der Waals surface area contributed by atoms with Crippen molar-refractivity contribution in [1.82, 2.24) is 14.9 Å². The number of nitrogens with zero attached hydrogens (tertiary/aromatic N) is 4. The summed E-state index contributed by atoms with van der Waals surface area (Å²) in [6, 6.07) is 0. The third kappa shape index (κ3) is 4.04. The number of piperazine rings is 1. The van der Waals surface area contributed by atoms with Gasteiger partial charge in [0.15, 0.2) is 0 Å². The average Bonchev–Trinajstić information content (AvgIpc) is 2.39. The summed E-state index contributed by atoms with van der Waals surface area (Å²) in [5, 5.41) is 12.8. The number of hydrogen-bond acceptors (Lipinski definition) is 6. The molecule has 6 nitrogen and oxygen atoms in total. The molecule has 0 bridgehead atoms. The first-order valence-electron chi connectivity index (χ1n) is 6.79. The molecule has 0 radical (unpaired) electrons. The molecule has 0 aliphatic carbocycles. The lowest BCUT2D eigenvalue weighted by atomic mass is 10.1. The number of aromatic nitrogens is 2. The highest BCUT2D eigenvalue weighted by Crippen LogP contribution is 2.25. The number of rotatable bonds is 4. The van der Waals surface area contributed by atoms with Gasteiger partial charge in [-0.25, -0.2) is 4.98 Å². The first-order chi connectivity index (χ1) is 9.39. The summed E-state index contributed by atoms with van der Waals surface area (Å²) < 4.78 is 0.910. The van der Waals surface area contributed by atoms with Crippen molar-refractivity contribution in [3.63, 3.8) is 0 Å². The normalized spacial score (nSPS) is 17.4. The van der Waals surface area contributed by atoms with Gasteiger partial charge in [-0.3, -0.25) is 4.90 Å². The van der Waals surface area contributed by atoms with Crippen molar-refractivity contribution in [3.8, 4) is 0 Å². The third-order valence-electron chi connectivity index (χ3n) is 3.23. The number of β-amino-alcohol motifs (C(OH)–C–C–N with tert-alkyl or cyclic N) is 1. The minimum absolute atomic E-state index is 0.627. The molecule has 0 atom stereocenters. The van der Waals surface area contributed by atoms with Gasteiger partial charge in [-0.05, 0) is 29.8 Å². The predicted molar refractivity (Wildman–Crippen MR) is 84.2 cm³/mol. The average molecular weight is 344 g/mol. The van der Waals surface area contributed by atoms with Crippen LogP contribution in [0.25, 0.3) is 0 Å². The minimum Gasteiger partial charge on any atom is -0.389 e. The zero-order chi connectivity index (χ0) is 14.8. The lowest BCUT2D eigenvalue weighted by Crippen LogP contribution is -2.50. The van der Waals surface area contributed by atoms with Gasteiger partial charge in [-0.15, -0.1) is 0 Å². The van der Waals surface area contributed by atoms with Crippen LogP contribution in [0, 0.1) is 0 Å². The van der Waals surface area contributed by atoms with Crippen molar-refractivity contribution in [2.75, 3.05) is 50.0 Å². The van der Waals surface area contributed by atoms with Crippen molar-refractivity contribution in [2.45, 2.75) is 19.4 Å². The molecule has 0 aromatic carbocycles. The molecule has 1 aromatic rings. The number of anilines is 2. The van der Waals surface area contributed by atoms with E-state index in [4.69, 9.17) is 0 Å². The zero-order valence-electron chi connectivity index (χ0n) is 12.2. The van der Waals surface area contributed by atoms with Crippen LogP contribution in [0.5, 0.6) is 0 Å². The molecule has 2 rings (SSSR count). The van der Waals surface area contributed by atoms with Crippen LogP contribution < -0.4 is 10.2 Å². The van der Waals surface area contributed by atoms with Crippen molar-refractivity contribution in [1.29, 1.82) is 0 Å². The fourth-order valence-electron chi connectivity index (χ4n) is 2.37. The second kappa shape index (κ2) is 6.24. The number of nitrogens with one attached hydrogen (secondary N) is 1. The van der Waals surface area contributed by atoms with Crippen LogP contribution in [-0.4, -0.2) is 65.3 Å². The number of halogens is 1. The summed E-state index contributed by atoms with van der Waals surface area (Å²) in [7, 11) is 1.81. The Morgan fingerprint density at radius 2 is 2.00 bits per heavy atom. The van der Waals surface area contributed by atoms with Gasteiger partial charge in [0, 0.05) is 46.0 Å². The van der Waals surface area contributed by atoms with E-state index < -0.39 is 5.60 Å². The van der Waals surface area contributed by atoms with Crippen LogP contribution in [0.3, 0.4) is 0 Å². The summed E-state index contributed by atoms with van der Waals surface area (Å²) in [5.74, 6) is 1.55. The molecule has 0 amide bonds. The molecule has 0 spiro atoms. The Morgan fingerprint density at radius 1 is 1.35 bits per heavy atom. The molecular formula is C13H22BrN5O. The quantitative estimate of drug-likeness (QED) is 0.855. The van der Waals surface area contributed by atoms with E-state index in [-0.39, 0.29) is 0 Å². The lowest BCUT2D eigenvalue weighted by molar-refractivity contribution is 0.0344. The fourth-order valence-corrected chi connectivity index (χ4v) is 2.81. The van der Waals surface area contributed by atoms with E-state index >= 15 is 0 Å². The van der Waals surface area contributed by atoms with Gasteiger partial charge in [-0.1, -0.05) is 0 Å². The highest BCUT2D eigenvalue weighted by Gasteiger charge is 2.24. The van der Waals surface area contributed by atoms with E-state index in [1.807, 2.05) is 20.9 Å². The molecule has 2 N–H and O–H groups in total. The van der Waals surface area contributed by atoms with Crippen LogP contribution >= 0.6 is 15.9 Å².